The summed E-state index contributed by atoms with van der Waals surface area (Å²) in [6.07, 6.45) is 0. The van der Waals surface area contributed by atoms with E-state index in [4.69, 9.17) is 25.6 Å². The second-order valence-electron chi connectivity index (χ2n) is 5.61. The second-order valence-corrected chi connectivity index (χ2v) is 6.81. The van der Waals surface area contributed by atoms with Crippen LogP contribution in [0.25, 0.3) is 0 Å². The molecule has 0 amide bonds. The van der Waals surface area contributed by atoms with Crippen molar-refractivity contribution in [1.29, 1.82) is 0 Å². The van der Waals surface area contributed by atoms with Crippen molar-refractivity contribution in [2.45, 2.75) is 38.9 Å². The fraction of sp³-hybridized carbons (Fsp3) is 0.538. The van der Waals surface area contributed by atoms with Gasteiger partial charge in [0.1, 0.15) is 5.75 Å². The predicted octanol–water partition coefficient (Wildman–Crippen LogP) is 3.41. The Balaban J connectivity index is 2.37. The van der Waals surface area contributed by atoms with Crippen molar-refractivity contribution < 1.29 is 14.0 Å². The standard InChI is InChI=1S/C13H17BBrClO3/c1-12(2)13(3,4)19-14(18-12)8-6-9(16)11(15)10(7-8)17-5/h6-7H,1-5H3. The van der Waals surface area contributed by atoms with Gasteiger partial charge < -0.3 is 14.0 Å². The van der Waals surface area contributed by atoms with E-state index in [2.05, 4.69) is 15.9 Å². The van der Waals surface area contributed by atoms with E-state index in [0.29, 0.717) is 10.8 Å². The summed E-state index contributed by atoms with van der Waals surface area (Å²) in [4.78, 5) is 0. The maximum atomic E-state index is 6.18. The number of halogens is 2. The maximum absolute atomic E-state index is 6.18. The molecule has 0 spiro atoms. The molecule has 1 aromatic rings. The van der Waals surface area contributed by atoms with Crippen LogP contribution in [0, 0.1) is 0 Å². The first-order valence-corrected chi connectivity index (χ1v) is 7.23. The Kier molecular flexibility index (Phi) is 3.96. The molecule has 0 atom stereocenters. The van der Waals surface area contributed by atoms with Gasteiger partial charge in [-0.25, -0.2) is 0 Å². The van der Waals surface area contributed by atoms with Crippen LogP contribution in [0.1, 0.15) is 27.7 Å². The van der Waals surface area contributed by atoms with Crippen LogP contribution in [0.5, 0.6) is 5.75 Å². The van der Waals surface area contributed by atoms with Crippen LogP contribution in [0.4, 0.5) is 0 Å². The lowest BCUT2D eigenvalue weighted by molar-refractivity contribution is 0.00578. The zero-order chi connectivity index (χ0) is 14.4. The lowest BCUT2D eigenvalue weighted by Crippen LogP contribution is -2.41. The van der Waals surface area contributed by atoms with Crippen LogP contribution in [0.15, 0.2) is 16.6 Å². The third-order valence-corrected chi connectivity index (χ3v) is 5.11. The van der Waals surface area contributed by atoms with E-state index in [1.165, 1.54) is 0 Å². The molecular weight excluding hydrogens is 330 g/mol. The van der Waals surface area contributed by atoms with Crippen LogP contribution in [-0.2, 0) is 9.31 Å². The minimum absolute atomic E-state index is 0.371. The van der Waals surface area contributed by atoms with Crippen LogP contribution in [0.3, 0.4) is 0 Å². The Morgan fingerprint density at radius 3 is 2.16 bits per heavy atom. The highest BCUT2D eigenvalue weighted by atomic mass is 79.9. The molecule has 0 aliphatic carbocycles. The zero-order valence-electron chi connectivity index (χ0n) is 11.7. The van der Waals surface area contributed by atoms with Gasteiger partial charge in [-0.05, 0) is 61.2 Å². The molecule has 1 heterocycles. The minimum atomic E-state index is -0.440. The summed E-state index contributed by atoms with van der Waals surface area (Å²) < 4.78 is 18.0. The van der Waals surface area contributed by atoms with Gasteiger partial charge in [-0.3, -0.25) is 0 Å². The van der Waals surface area contributed by atoms with Crippen LogP contribution >= 0.6 is 27.5 Å². The van der Waals surface area contributed by atoms with E-state index in [9.17, 15) is 0 Å². The Labute approximate surface area is 127 Å². The molecule has 0 aromatic heterocycles. The summed E-state index contributed by atoms with van der Waals surface area (Å²) in [5.74, 6) is 0.664. The predicted molar refractivity (Wildman–Crippen MR) is 81.4 cm³/mol. The van der Waals surface area contributed by atoms with Crippen molar-refractivity contribution in [3.8, 4) is 5.75 Å². The Morgan fingerprint density at radius 1 is 1.16 bits per heavy atom. The second kappa shape index (κ2) is 4.95. The van der Waals surface area contributed by atoms with Crippen molar-refractivity contribution >= 4 is 40.1 Å². The van der Waals surface area contributed by atoms with E-state index in [1.54, 1.807) is 7.11 Å². The average Bonchev–Trinajstić information content (AvgIpc) is 2.52. The molecule has 0 unspecified atom stereocenters. The van der Waals surface area contributed by atoms with Gasteiger partial charge >= 0.3 is 7.12 Å². The van der Waals surface area contributed by atoms with Crippen molar-refractivity contribution in [2.75, 3.05) is 7.11 Å². The summed E-state index contributed by atoms with van der Waals surface area (Å²) in [5.41, 5.74) is 0.109. The highest BCUT2D eigenvalue weighted by molar-refractivity contribution is 9.10. The first-order chi connectivity index (χ1) is 8.68. The number of benzene rings is 1. The highest BCUT2D eigenvalue weighted by Crippen LogP contribution is 2.38. The number of hydrogen-bond acceptors (Lipinski definition) is 3. The number of methoxy groups -OCH3 is 1. The highest BCUT2D eigenvalue weighted by Gasteiger charge is 2.51. The molecule has 0 N–H and O–H groups in total. The Morgan fingerprint density at radius 2 is 1.68 bits per heavy atom. The topological polar surface area (TPSA) is 27.7 Å². The SMILES string of the molecule is COc1cc(B2OC(C)(C)C(C)(C)O2)cc(Cl)c1Br. The molecule has 104 valence electrons. The summed E-state index contributed by atoms with van der Waals surface area (Å²) in [6.45, 7) is 8.07. The molecule has 3 nitrogen and oxygen atoms in total. The van der Waals surface area contributed by atoms with E-state index >= 15 is 0 Å². The lowest BCUT2D eigenvalue weighted by atomic mass is 9.79. The van der Waals surface area contributed by atoms with E-state index in [-0.39, 0.29) is 11.2 Å². The fourth-order valence-electron chi connectivity index (χ4n) is 1.85. The van der Waals surface area contributed by atoms with Gasteiger partial charge in [0, 0.05) is 0 Å². The Bertz CT molecular complexity index is 489. The molecule has 2 rings (SSSR count). The molecule has 0 bridgehead atoms. The smallest absolute Gasteiger partial charge is 0.495 e. The van der Waals surface area contributed by atoms with Gasteiger partial charge in [-0.15, -0.1) is 0 Å². The first-order valence-electron chi connectivity index (χ1n) is 6.06. The zero-order valence-corrected chi connectivity index (χ0v) is 14.1. The molecule has 1 aliphatic heterocycles. The van der Waals surface area contributed by atoms with Crippen molar-refractivity contribution in [3.05, 3.63) is 21.6 Å². The van der Waals surface area contributed by atoms with Crippen LogP contribution in [-0.4, -0.2) is 25.4 Å². The molecule has 0 radical (unpaired) electrons. The fourth-order valence-corrected chi connectivity index (χ4v) is 2.46. The maximum Gasteiger partial charge on any atom is 0.495 e. The third-order valence-electron chi connectivity index (χ3n) is 3.76. The number of ether oxygens (including phenoxy) is 1. The van der Waals surface area contributed by atoms with E-state index in [0.717, 1.165) is 9.94 Å². The third kappa shape index (κ3) is 2.66. The lowest BCUT2D eigenvalue weighted by Gasteiger charge is -2.32. The minimum Gasteiger partial charge on any atom is -0.496 e. The van der Waals surface area contributed by atoms with Gasteiger partial charge in [0.05, 0.1) is 27.8 Å². The molecule has 6 heteroatoms. The van der Waals surface area contributed by atoms with Gasteiger partial charge in [0.15, 0.2) is 0 Å². The van der Waals surface area contributed by atoms with Crippen LogP contribution in [0.2, 0.25) is 5.02 Å². The summed E-state index contributed by atoms with van der Waals surface area (Å²) in [5, 5.41) is 0.573. The van der Waals surface area contributed by atoms with E-state index < -0.39 is 7.12 Å². The normalized spacial score (nSPS) is 20.7. The Hall–Kier alpha value is -0.225. The van der Waals surface area contributed by atoms with Gasteiger partial charge in [-0.1, -0.05) is 11.6 Å². The largest absolute Gasteiger partial charge is 0.496 e. The molecule has 19 heavy (non-hydrogen) atoms. The molecular formula is C13H17BBrClO3. The molecule has 1 aliphatic rings. The quantitative estimate of drug-likeness (QED) is 0.768. The average molecular weight is 347 g/mol. The molecule has 1 saturated heterocycles. The summed E-state index contributed by atoms with van der Waals surface area (Å²) in [6, 6.07) is 3.70. The number of hydrogen-bond donors (Lipinski definition) is 0. The first kappa shape index (κ1) is 15.2. The molecule has 1 fully saturated rings. The van der Waals surface area contributed by atoms with Crippen molar-refractivity contribution in [1.82, 2.24) is 0 Å². The van der Waals surface area contributed by atoms with E-state index in [1.807, 2.05) is 39.8 Å². The monoisotopic (exact) mass is 346 g/mol. The van der Waals surface area contributed by atoms with Crippen LogP contribution < -0.4 is 10.2 Å². The summed E-state index contributed by atoms with van der Waals surface area (Å²) in [7, 11) is 1.16. The molecule has 0 saturated carbocycles. The van der Waals surface area contributed by atoms with Gasteiger partial charge in [0.2, 0.25) is 0 Å². The van der Waals surface area contributed by atoms with Crippen molar-refractivity contribution in [2.24, 2.45) is 0 Å². The number of rotatable bonds is 2. The van der Waals surface area contributed by atoms with Gasteiger partial charge in [0.25, 0.3) is 0 Å². The van der Waals surface area contributed by atoms with Crippen molar-refractivity contribution in [3.63, 3.8) is 0 Å². The van der Waals surface area contributed by atoms with Gasteiger partial charge in [-0.2, -0.15) is 0 Å². The summed E-state index contributed by atoms with van der Waals surface area (Å²) >= 11 is 9.57. The molecule has 1 aromatic carbocycles.